The number of carbonyl (C=O) groups is 1. The van der Waals surface area contributed by atoms with Gasteiger partial charge in [-0.2, -0.15) is 5.26 Å². The van der Waals surface area contributed by atoms with E-state index in [2.05, 4.69) is 6.07 Å². The van der Waals surface area contributed by atoms with Crippen LogP contribution in [-0.2, 0) is 6.54 Å². The molecule has 0 bridgehead atoms. The number of carboxylic acid groups (broad SMARTS) is 1. The lowest BCUT2D eigenvalue weighted by Crippen LogP contribution is -2.24. The minimum Gasteiger partial charge on any atom is -0.477 e. The molecule has 4 rings (SSSR count). The van der Waals surface area contributed by atoms with Gasteiger partial charge in [-0.05, 0) is 37.1 Å². The van der Waals surface area contributed by atoms with Crippen molar-refractivity contribution in [2.75, 3.05) is 0 Å². The number of benzene rings is 2. The van der Waals surface area contributed by atoms with Crippen LogP contribution in [-0.4, -0.2) is 20.6 Å². The highest BCUT2D eigenvalue weighted by Crippen LogP contribution is 2.30. The minimum absolute atomic E-state index is 0.119. The van der Waals surface area contributed by atoms with Crippen molar-refractivity contribution in [3.8, 4) is 17.5 Å². The Morgan fingerprint density at radius 1 is 1.20 bits per heavy atom. The van der Waals surface area contributed by atoms with Crippen molar-refractivity contribution in [2.45, 2.75) is 20.4 Å². The van der Waals surface area contributed by atoms with Gasteiger partial charge >= 0.3 is 5.97 Å². The van der Waals surface area contributed by atoms with Crippen molar-refractivity contribution in [2.24, 2.45) is 0 Å². The second-order valence-electron chi connectivity index (χ2n) is 7.05. The SMILES string of the molecule is Cc1ccc(-c2nc3sc(C(=O)O)c(C)c3c(=O)n2Cc2cccc(C#N)c2)cc1. The zero-order valence-electron chi connectivity index (χ0n) is 16.3. The summed E-state index contributed by atoms with van der Waals surface area (Å²) in [5.74, 6) is -0.604. The van der Waals surface area contributed by atoms with Crippen LogP contribution in [0.2, 0.25) is 0 Å². The highest BCUT2D eigenvalue weighted by atomic mass is 32.1. The summed E-state index contributed by atoms with van der Waals surface area (Å²) >= 11 is 1.01. The summed E-state index contributed by atoms with van der Waals surface area (Å²) in [7, 11) is 0. The predicted molar refractivity (Wildman–Crippen MR) is 116 cm³/mol. The summed E-state index contributed by atoms with van der Waals surface area (Å²) in [4.78, 5) is 30.3. The second kappa shape index (κ2) is 7.58. The van der Waals surface area contributed by atoms with Crippen molar-refractivity contribution in [3.63, 3.8) is 0 Å². The number of thiophene rings is 1. The number of carboxylic acids is 1. The van der Waals surface area contributed by atoms with E-state index >= 15 is 0 Å². The fourth-order valence-corrected chi connectivity index (χ4v) is 4.42. The van der Waals surface area contributed by atoms with Crippen LogP contribution in [0.3, 0.4) is 0 Å². The van der Waals surface area contributed by atoms with E-state index in [0.717, 1.165) is 28.0 Å². The molecular weight excluding hydrogens is 398 g/mol. The molecule has 0 saturated carbocycles. The zero-order valence-corrected chi connectivity index (χ0v) is 17.2. The Balaban J connectivity index is 2.00. The summed E-state index contributed by atoms with van der Waals surface area (Å²) < 4.78 is 1.55. The molecule has 2 aromatic heterocycles. The Morgan fingerprint density at radius 2 is 1.93 bits per heavy atom. The van der Waals surface area contributed by atoms with Crippen LogP contribution >= 0.6 is 11.3 Å². The number of nitriles is 1. The van der Waals surface area contributed by atoms with Gasteiger partial charge in [0.25, 0.3) is 5.56 Å². The van der Waals surface area contributed by atoms with Crippen molar-refractivity contribution in [1.82, 2.24) is 9.55 Å². The number of aromatic carboxylic acids is 1. The van der Waals surface area contributed by atoms with Crippen LogP contribution in [0.25, 0.3) is 21.6 Å². The largest absolute Gasteiger partial charge is 0.477 e. The van der Waals surface area contributed by atoms with E-state index in [1.807, 2.05) is 37.3 Å². The van der Waals surface area contributed by atoms with Gasteiger partial charge in [0.1, 0.15) is 15.5 Å². The predicted octanol–water partition coefficient (Wildman–Crippen LogP) is 4.36. The molecule has 4 aromatic rings. The lowest BCUT2D eigenvalue weighted by Gasteiger charge is -2.13. The Hall–Kier alpha value is -3.76. The molecule has 2 heterocycles. The monoisotopic (exact) mass is 415 g/mol. The molecule has 30 heavy (non-hydrogen) atoms. The highest BCUT2D eigenvalue weighted by molar-refractivity contribution is 7.20. The van der Waals surface area contributed by atoms with E-state index in [0.29, 0.717) is 27.2 Å². The lowest BCUT2D eigenvalue weighted by molar-refractivity contribution is 0.0701. The smallest absolute Gasteiger partial charge is 0.346 e. The fourth-order valence-electron chi connectivity index (χ4n) is 3.41. The van der Waals surface area contributed by atoms with Crippen LogP contribution in [0.1, 0.15) is 31.9 Å². The first-order chi connectivity index (χ1) is 14.4. The molecule has 0 radical (unpaired) electrons. The van der Waals surface area contributed by atoms with Gasteiger partial charge in [0.15, 0.2) is 0 Å². The minimum atomic E-state index is -1.07. The van der Waals surface area contributed by atoms with Crippen molar-refractivity contribution in [3.05, 3.63) is 86.0 Å². The van der Waals surface area contributed by atoms with Gasteiger partial charge in [0.05, 0.1) is 23.6 Å². The number of fused-ring (bicyclic) bond motifs is 1. The molecule has 0 aliphatic carbocycles. The summed E-state index contributed by atoms with van der Waals surface area (Å²) in [5, 5.41) is 19.0. The quantitative estimate of drug-likeness (QED) is 0.534. The maximum atomic E-state index is 13.5. The molecule has 0 spiro atoms. The lowest BCUT2D eigenvalue weighted by atomic mass is 10.1. The van der Waals surface area contributed by atoms with Crippen molar-refractivity contribution in [1.29, 1.82) is 5.26 Å². The first-order valence-electron chi connectivity index (χ1n) is 9.22. The molecule has 2 aromatic carbocycles. The molecule has 0 aliphatic heterocycles. The fraction of sp³-hybridized carbons (Fsp3) is 0.130. The van der Waals surface area contributed by atoms with Gasteiger partial charge in [0, 0.05) is 5.56 Å². The molecule has 6 nitrogen and oxygen atoms in total. The van der Waals surface area contributed by atoms with Crippen LogP contribution in [0.4, 0.5) is 0 Å². The first-order valence-corrected chi connectivity index (χ1v) is 10.0. The first kappa shape index (κ1) is 19.6. The molecular formula is C23H17N3O3S. The van der Waals surface area contributed by atoms with Gasteiger partial charge in [-0.15, -0.1) is 11.3 Å². The van der Waals surface area contributed by atoms with E-state index in [9.17, 15) is 20.0 Å². The van der Waals surface area contributed by atoms with E-state index in [4.69, 9.17) is 4.98 Å². The Labute approximate surface area is 176 Å². The highest BCUT2D eigenvalue weighted by Gasteiger charge is 2.22. The zero-order chi connectivity index (χ0) is 21.4. The molecule has 1 N–H and O–H groups in total. The van der Waals surface area contributed by atoms with E-state index in [-0.39, 0.29) is 17.0 Å². The third-order valence-corrected chi connectivity index (χ3v) is 6.12. The number of hydrogen-bond donors (Lipinski definition) is 1. The summed E-state index contributed by atoms with van der Waals surface area (Å²) in [6, 6.07) is 16.8. The maximum absolute atomic E-state index is 13.5. The molecule has 0 fully saturated rings. The summed E-state index contributed by atoms with van der Waals surface area (Å²) in [6.45, 7) is 3.83. The molecule has 0 atom stereocenters. The number of nitrogens with zero attached hydrogens (tertiary/aromatic N) is 3. The summed E-state index contributed by atoms with van der Waals surface area (Å²) in [6.07, 6.45) is 0. The molecule has 0 unspecified atom stereocenters. The van der Waals surface area contributed by atoms with E-state index in [1.165, 1.54) is 0 Å². The van der Waals surface area contributed by atoms with Gasteiger partial charge in [-0.1, -0.05) is 42.0 Å². The van der Waals surface area contributed by atoms with Gasteiger partial charge < -0.3 is 5.11 Å². The number of hydrogen-bond acceptors (Lipinski definition) is 5. The third-order valence-electron chi connectivity index (χ3n) is 4.95. The average molecular weight is 415 g/mol. The molecule has 148 valence electrons. The second-order valence-corrected chi connectivity index (χ2v) is 8.05. The molecule has 0 amide bonds. The molecule has 7 heteroatoms. The van der Waals surface area contributed by atoms with Crippen LogP contribution in [0.5, 0.6) is 0 Å². The Morgan fingerprint density at radius 3 is 2.60 bits per heavy atom. The van der Waals surface area contributed by atoms with Crippen molar-refractivity contribution < 1.29 is 9.90 Å². The van der Waals surface area contributed by atoms with Crippen LogP contribution in [0.15, 0.2) is 53.3 Å². The van der Waals surface area contributed by atoms with E-state index < -0.39 is 5.97 Å². The normalized spacial score (nSPS) is 10.8. The molecule has 0 aliphatic rings. The Kier molecular flexibility index (Phi) is 4.94. The maximum Gasteiger partial charge on any atom is 0.346 e. The third kappa shape index (κ3) is 3.38. The molecule has 0 saturated heterocycles. The van der Waals surface area contributed by atoms with E-state index in [1.54, 1.807) is 29.7 Å². The Bertz CT molecular complexity index is 1390. The van der Waals surface area contributed by atoms with Crippen LogP contribution in [0, 0.1) is 25.2 Å². The van der Waals surface area contributed by atoms with Crippen molar-refractivity contribution >= 4 is 27.5 Å². The van der Waals surface area contributed by atoms with Gasteiger partial charge in [-0.3, -0.25) is 9.36 Å². The number of aryl methyl sites for hydroxylation is 2. The topological polar surface area (TPSA) is 96.0 Å². The van der Waals surface area contributed by atoms with Gasteiger partial charge in [0.2, 0.25) is 0 Å². The van der Waals surface area contributed by atoms with Gasteiger partial charge in [-0.25, -0.2) is 9.78 Å². The number of rotatable bonds is 4. The summed E-state index contributed by atoms with van der Waals surface area (Å²) in [5.41, 5.74) is 3.27. The number of aromatic nitrogens is 2. The van der Waals surface area contributed by atoms with Crippen LogP contribution < -0.4 is 5.56 Å². The average Bonchev–Trinajstić information content (AvgIpc) is 3.07. The standard InChI is InChI=1S/C23H17N3O3S/c1-13-6-8-17(9-7-13)20-25-21-18(14(2)19(30-21)23(28)29)22(27)26(20)12-16-5-3-4-15(10-16)11-24/h3-10H,12H2,1-2H3,(H,28,29).